The number of nitrogens with one attached hydrogen (secondary N) is 1. The summed E-state index contributed by atoms with van der Waals surface area (Å²) in [4.78, 5) is 12.5. The fourth-order valence-corrected chi connectivity index (χ4v) is 6.03. The summed E-state index contributed by atoms with van der Waals surface area (Å²) in [6.07, 6.45) is 9.06. The van der Waals surface area contributed by atoms with Crippen molar-refractivity contribution >= 4 is 5.91 Å². The van der Waals surface area contributed by atoms with Gasteiger partial charge in [-0.3, -0.25) is 4.79 Å². The van der Waals surface area contributed by atoms with Gasteiger partial charge in [0.2, 0.25) is 5.91 Å². The second-order valence-corrected chi connectivity index (χ2v) is 8.73. The molecular weight excluding hydrogens is 354 g/mol. The zero-order chi connectivity index (χ0) is 19.0. The van der Waals surface area contributed by atoms with E-state index >= 15 is 0 Å². The summed E-state index contributed by atoms with van der Waals surface area (Å²) in [6.45, 7) is 0. The molecule has 4 aliphatic carbocycles. The first kappa shape index (κ1) is 16.5. The monoisotopic (exact) mass is 379 g/mol. The third kappa shape index (κ3) is 1.94. The average molecular weight is 379 g/mol. The van der Waals surface area contributed by atoms with Crippen LogP contribution in [0.2, 0.25) is 0 Å². The van der Waals surface area contributed by atoms with Crippen LogP contribution in [0.25, 0.3) is 0 Å². The zero-order valence-electron chi connectivity index (χ0n) is 16.3. The van der Waals surface area contributed by atoms with Gasteiger partial charge in [0.15, 0.2) is 17.6 Å². The molecule has 4 unspecified atom stereocenters. The van der Waals surface area contributed by atoms with Crippen LogP contribution < -0.4 is 14.8 Å². The second-order valence-electron chi connectivity index (χ2n) is 8.73. The molecule has 28 heavy (non-hydrogen) atoms. The largest absolute Gasteiger partial charge is 0.497 e. The molecule has 1 heterocycles. The lowest BCUT2D eigenvalue weighted by Crippen LogP contribution is -2.57. The van der Waals surface area contributed by atoms with Crippen LogP contribution in [-0.2, 0) is 21.4 Å². The molecule has 2 saturated carbocycles. The quantitative estimate of drug-likeness (QED) is 0.874. The van der Waals surface area contributed by atoms with Crippen molar-refractivity contribution < 1.29 is 19.0 Å². The maximum Gasteiger partial charge on any atom is 0.223 e. The molecule has 1 aromatic carbocycles. The molecule has 0 saturated heterocycles. The molecule has 0 radical (unpaired) electrons. The number of amides is 1. The van der Waals surface area contributed by atoms with Crippen molar-refractivity contribution in [3.8, 4) is 11.5 Å². The Morgan fingerprint density at radius 3 is 2.79 bits per heavy atom. The molecule has 5 nitrogen and oxygen atoms in total. The predicted octanol–water partition coefficient (Wildman–Crippen LogP) is 3.03. The first-order chi connectivity index (χ1) is 13.7. The Kier molecular flexibility index (Phi) is 3.28. The standard InChI is InChI=1S/C23H25NO4/c1-26-17-7-5-13-11-14-15-6-8-18(27-2)21-23(15,19(13)20(17)28-21)10-9-16(14)24-22(25)12-3-4-12/h5-8,12,14,16,21H,3-4,9-11H2,1-2H3,(H,24,25). The molecule has 2 bridgehead atoms. The highest BCUT2D eigenvalue weighted by atomic mass is 16.6. The highest BCUT2D eigenvalue weighted by molar-refractivity contribution is 5.81. The van der Waals surface area contributed by atoms with Crippen LogP contribution in [-0.4, -0.2) is 32.3 Å². The van der Waals surface area contributed by atoms with E-state index in [-0.39, 0.29) is 29.4 Å². The average Bonchev–Trinajstić information content (AvgIpc) is 3.50. The topological polar surface area (TPSA) is 56.8 Å². The van der Waals surface area contributed by atoms with Crippen LogP contribution in [0, 0.1) is 11.8 Å². The number of hydrogen-bond acceptors (Lipinski definition) is 4. The lowest BCUT2D eigenvalue weighted by Gasteiger charge is -2.52. The third-order valence-corrected chi connectivity index (χ3v) is 7.44. The third-order valence-electron chi connectivity index (χ3n) is 7.44. The number of hydrogen-bond donors (Lipinski definition) is 1. The van der Waals surface area contributed by atoms with Crippen LogP contribution >= 0.6 is 0 Å². The lowest BCUT2D eigenvalue weighted by molar-refractivity contribution is -0.123. The van der Waals surface area contributed by atoms with Crippen molar-refractivity contribution in [1.82, 2.24) is 5.32 Å². The van der Waals surface area contributed by atoms with E-state index < -0.39 is 0 Å². The highest BCUT2D eigenvalue weighted by Gasteiger charge is 2.62. The van der Waals surface area contributed by atoms with Gasteiger partial charge in [0.05, 0.1) is 19.6 Å². The second kappa shape index (κ2) is 5.56. The predicted molar refractivity (Wildman–Crippen MR) is 103 cm³/mol. The maximum atomic E-state index is 12.5. The van der Waals surface area contributed by atoms with E-state index in [2.05, 4.69) is 23.5 Å². The first-order valence-electron chi connectivity index (χ1n) is 10.3. The number of benzene rings is 1. The summed E-state index contributed by atoms with van der Waals surface area (Å²) in [7, 11) is 3.41. The highest BCUT2D eigenvalue weighted by Crippen LogP contribution is 2.64. The number of carbonyl (C=O) groups is 1. The summed E-state index contributed by atoms with van der Waals surface area (Å²) >= 11 is 0. The van der Waals surface area contributed by atoms with E-state index in [1.807, 2.05) is 6.07 Å². The molecule has 146 valence electrons. The molecule has 1 N–H and O–H groups in total. The molecular formula is C23H25NO4. The Morgan fingerprint density at radius 1 is 1.18 bits per heavy atom. The molecule has 1 aliphatic heterocycles. The summed E-state index contributed by atoms with van der Waals surface area (Å²) < 4.78 is 17.9. The Morgan fingerprint density at radius 2 is 2.04 bits per heavy atom. The van der Waals surface area contributed by atoms with Crippen LogP contribution in [0.4, 0.5) is 0 Å². The first-order valence-corrected chi connectivity index (χ1v) is 10.3. The van der Waals surface area contributed by atoms with Crippen molar-refractivity contribution in [2.75, 3.05) is 14.2 Å². The SMILES string of the molecule is COC1=CC=C2C3Cc4ccc(OC)c5c4C2(CCC3NC(=O)C2CC2)C1O5. The molecule has 1 spiro atoms. The van der Waals surface area contributed by atoms with Crippen molar-refractivity contribution in [2.45, 2.75) is 49.7 Å². The van der Waals surface area contributed by atoms with Gasteiger partial charge in [-0.05, 0) is 55.4 Å². The van der Waals surface area contributed by atoms with Crippen molar-refractivity contribution in [1.29, 1.82) is 0 Å². The minimum atomic E-state index is -0.191. The van der Waals surface area contributed by atoms with Gasteiger partial charge in [-0.1, -0.05) is 12.1 Å². The van der Waals surface area contributed by atoms with Crippen molar-refractivity contribution in [3.05, 3.63) is 46.7 Å². The minimum absolute atomic E-state index is 0.148. The zero-order valence-corrected chi connectivity index (χ0v) is 16.3. The maximum absolute atomic E-state index is 12.5. The van der Waals surface area contributed by atoms with Gasteiger partial charge >= 0.3 is 0 Å². The Labute approximate surface area is 164 Å². The van der Waals surface area contributed by atoms with Gasteiger partial charge in [0.1, 0.15) is 5.76 Å². The van der Waals surface area contributed by atoms with Crippen LogP contribution in [0.3, 0.4) is 0 Å². The summed E-state index contributed by atoms with van der Waals surface area (Å²) in [6, 6.07) is 4.40. The van der Waals surface area contributed by atoms with E-state index in [1.165, 1.54) is 16.7 Å². The molecule has 6 rings (SSSR count). The normalized spacial score (nSPS) is 33.9. The van der Waals surface area contributed by atoms with Crippen LogP contribution in [0.15, 0.2) is 35.6 Å². The van der Waals surface area contributed by atoms with Crippen LogP contribution in [0.5, 0.6) is 11.5 Å². The van der Waals surface area contributed by atoms with E-state index in [0.717, 1.165) is 49.4 Å². The minimum Gasteiger partial charge on any atom is -0.497 e. The Bertz CT molecular complexity index is 944. The molecule has 1 aromatic rings. The summed E-state index contributed by atoms with van der Waals surface area (Å²) in [5.74, 6) is 3.33. The lowest BCUT2D eigenvalue weighted by atomic mass is 9.52. The molecule has 4 atom stereocenters. The van der Waals surface area contributed by atoms with Crippen molar-refractivity contribution in [2.24, 2.45) is 11.8 Å². The number of rotatable bonds is 4. The van der Waals surface area contributed by atoms with E-state index in [9.17, 15) is 4.79 Å². The van der Waals surface area contributed by atoms with Gasteiger partial charge in [-0.2, -0.15) is 0 Å². The van der Waals surface area contributed by atoms with Gasteiger partial charge in [0, 0.05) is 23.4 Å². The molecule has 1 amide bonds. The van der Waals surface area contributed by atoms with E-state index in [1.54, 1.807) is 14.2 Å². The summed E-state index contributed by atoms with van der Waals surface area (Å²) in [5, 5.41) is 3.38. The molecule has 0 aromatic heterocycles. The molecule has 5 heteroatoms. The van der Waals surface area contributed by atoms with E-state index in [0.29, 0.717) is 5.92 Å². The fraction of sp³-hybridized carbons (Fsp3) is 0.522. The van der Waals surface area contributed by atoms with E-state index in [4.69, 9.17) is 14.2 Å². The van der Waals surface area contributed by atoms with Gasteiger partial charge in [-0.25, -0.2) is 0 Å². The number of carbonyl (C=O) groups excluding carboxylic acids is 1. The molecule has 5 aliphatic rings. The van der Waals surface area contributed by atoms with Gasteiger partial charge in [-0.15, -0.1) is 0 Å². The fourth-order valence-electron chi connectivity index (χ4n) is 6.03. The summed E-state index contributed by atoms with van der Waals surface area (Å²) in [5.41, 5.74) is 3.81. The Balaban J connectivity index is 1.50. The number of methoxy groups -OCH3 is 2. The van der Waals surface area contributed by atoms with Crippen molar-refractivity contribution in [3.63, 3.8) is 0 Å². The van der Waals surface area contributed by atoms with Crippen LogP contribution in [0.1, 0.15) is 36.8 Å². The number of allylic oxidation sites excluding steroid dienone is 2. The molecule has 2 fully saturated rings. The smallest absolute Gasteiger partial charge is 0.223 e. The Hall–Kier alpha value is -2.43. The van der Waals surface area contributed by atoms with Gasteiger partial charge < -0.3 is 19.5 Å². The number of ether oxygens (including phenoxy) is 3. The van der Waals surface area contributed by atoms with Gasteiger partial charge in [0.25, 0.3) is 0 Å².